The third kappa shape index (κ3) is 3.96. The highest BCUT2D eigenvalue weighted by Gasteiger charge is 2.28. The molecule has 0 aromatic heterocycles. The van der Waals surface area contributed by atoms with Gasteiger partial charge in [-0.2, -0.15) is 0 Å². The van der Waals surface area contributed by atoms with Crippen molar-refractivity contribution in [2.45, 2.75) is 77.4 Å². The topological polar surface area (TPSA) is 29.5 Å². The standard InChI is InChI=1S/C15H28O2/c1-15(2)9-6-13(7-10-15)17-11-8-12-4-3-5-14(12)16/h12-14,16H,3-11H2,1-2H3. The number of ether oxygens (including phenoxy) is 1. The molecule has 0 radical (unpaired) electrons. The van der Waals surface area contributed by atoms with Gasteiger partial charge in [0, 0.05) is 6.61 Å². The molecule has 2 nitrogen and oxygen atoms in total. The van der Waals surface area contributed by atoms with Crippen molar-refractivity contribution in [2.75, 3.05) is 6.61 Å². The van der Waals surface area contributed by atoms with E-state index in [1.54, 1.807) is 0 Å². The number of aliphatic hydroxyl groups is 1. The van der Waals surface area contributed by atoms with Crippen LogP contribution in [0.3, 0.4) is 0 Å². The fraction of sp³-hybridized carbons (Fsp3) is 1.00. The first-order valence-electron chi connectivity index (χ1n) is 7.36. The molecule has 0 aliphatic heterocycles. The molecule has 100 valence electrons. The Hall–Kier alpha value is -0.0800. The molecule has 0 aromatic carbocycles. The molecule has 2 aliphatic rings. The SMILES string of the molecule is CC1(C)CCC(OCCC2CCCC2O)CC1. The lowest BCUT2D eigenvalue weighted by atomic mass is 9.76. The molecule has 0 spiro atoms. The van der Waals surface area contributed by atoms with E-state index in [1.807, 2.05) is 0 Å². The van der Waals surface area contributed by atoms with Gasteiger partial charge in [-0.1, -0.05) is 20.3 Å². The van der Waals surface area contributed by atoms with Crippen molar-refractivity contribution in [1.82, 2.24) is 0 Å². The minimum Gasteiger partial charge on any atom is -0.393 e. The summed E-state index contributed by atoms with van der Waals surface area (Å²) >= 11 is 0. The van der Waals surface area contributed by atoms with Crippen LogP contribution in [-0.4, -0.2) is 23.9 Å². The molecule has 17 heavy (non-hydrogen) atoms. The van der Waals surface area contributed by atoms with Crippen LogP contribution in [-0.2, 0) is 4.74 Å². The maximum absolute atomic E-state index is 9.74. The summed E-state index contributed by atoms with van der Waals surface area (Å²) in [6, 6.07) is 0. The van der Waals surface area contributed by atoms with E-state index in [2.05, 4.69) is 13.8 Å². The predicted molar refractivity (Wildman–Crippen MR) is 70.0 cm³/mol. The Morgan fingerprint density at radius 2 is 1.82 bits per heavy atom. The molecule has 2 fully saturated rings. The Labute approximate surface area is 106 Å². The molecule has 2 atom stereocenters. The third-order valence-electron chi connectivity index (χ3n) is 4.75. The minimum absolute atomic E-state index is 0.0520. The first kappa shape index (κ1) is 13.4. The van der Waals surface area contributed by atoms with Crippen molar-refractivity contribution >= 4 is 0 Å². The zero-order valence-corrected chi connectivity index (χ0v) is 11.5. The van der Waals surface area contributed by atoms with E-state index in [0.29, 0.717) is 17.4 Å². The smallest absolute Gasteiger partial charge is 0.0575 e. The van der Waals surface area contributed by atoms with Crippen molar-refractivity contribution in [2.24, 2.45) is 11.3 Å². The summed E-state index contributed by atoms with van der Waals surface area (Å²) in [5.74, 6) is 0.509. The number of hydrogen-bond donors (Lipinski definition) is 1. The van der Waals surface area contributed by atoms with Gasteiger partial charge in [0.15, 0.2) is 0 Å². The summed E-state index contributed by atoms with van der Waals surface area (Å²) < 4.78 is 5.98. The largest absolute Gasteiger partial charge is 0.393 e. The molecule has 2 saturated carbocycles. The first-order chi connectivity index (χ1) is 8.07. The van der Waals surface area contributed by atoms with Gasteiger partial charge < -0.3 is 9.84 Å². The third-order valence-corrected chi connectivity index (χ3v) is 4.75. The monoisotopic (exact) mass is 240 g/mol. The van der Waals surface area contributed by atoms with E-state index in [0.717, 1.165) is 19.4 Å². The van der Waals surface area contributed by atoms with Gasteiger partial charge in [-0.3, -0.25) is 0 Å². The van der Waals surface area contributed by atoms with E-state index in [1.165, 1.54) is 38.5 Å². The molecule has 2 aliphatic carbocycles. The zero-order valence-electron chi connectivity index (χ0n) is 11.5. The molecule has 0 amide bonds. The van der Waals surface area contributed by atoms with Crippen LogP contribution in [0, 0.1) is 11.3 Å². The molecular formula is C15H28O2. The lowest BCUT2D eigenvalue weighted by Crippen LogP contribution is -2.27. The van der Waals surface area contributed by atoms with E-state index < -0.39 is 0 Å². The van der Waals surface area contributed by atoms with Crippen LogP contribution < -0.4 is 0 Å². The second-order valence-electron chi connectivity index (χ2n) is 6.78. The molecule has 2 rings (SSSR count). The zero-order chi connectivity index (χ0) is 12.3. The van der Waals surface area contributed by atoms with Crippen molar-refractivity contribution in [1.29, 1.82) is 0 Å². The van der Waals surface area contributed by atoms with Crippen LogP contribution in [0.1, 0.15) is 65.2 Å². The minimum atomic E-state index is -0.0520. The molecule has 0 heterocycles. The number of hydrogen-bond acceptors (Lipinski definition) is 2. The van der Waals surface area contributed by atoms with Crippen molar-refractivity contribution < 1.29 is 9.84 Å². The van der Waals surface area contributed by atoms with Crippen molar-refractivity contribution in [3.63, 3.8) is 0 Å². The second-order valence-corrected chi connectivity index (χ2v) is 6.78. The Kier molecular flexibility index (Phi) is 4.48. The molecule has 0 bridgehead atoms. The highest BCUT2D eigenvalue weighted by molar-refractivity contribution is 4.80. The summed E-state index contributed by atoms with van der Waals surface area (Å²) in [4.78, 5) is 0. The van der Waals surface area contributed by atoms with E-state index >= 15 is 0 Å². The summed E-state index contributed by atoms with van der Waals surface area (Å²) in [5, 5.41) is 9.74. The summed E-state index contributed by atoms with van der Waals surface area (Å²) in [5.41, 5.74) is 0.529. The lowest BCUT2D eigenvalue weighted by molar-refractivity contribution is -0.00721. The predicted octanol–water partition coefficient (Wildman–Crippen LogP) is 3.52. The van der Waals surface area contributed by atoms with Crippen LogP contribution >= 0.6 is 0 Å². The summed E-state index contributed by atoms with van der Waals surface area (Å²) in [7, 11) is 0. The highest BCUT2D eigenvalue weighted by atomic mass is 16.5. The van der Waals surface area contributed by atoms with Crippen LogP contribution in [0.15, 0.2) is 0 Å². The van der Waals surface area contributed by atoms with Crippen LogP contribution in [0.25, 0.3) is 0 Å². The fourth-order valence-electron chi connectivity index (χ4n) is 3.28. The number of rotatable bonds is 4. The summed E-state index contributed by atoms with van der Waals surface area (Å²) in [6.45, 7) is 5.57. The number of aliphatic hydroxyl groups excluding tert-OH is 1. The maximum atomic E-state index is 9.74. The summed E-state index contributed by atoms with van der Waals surface area (Å²) in [6.07, 6.45) is 9.92. The van der Waals surface area contributed by atoms with Crippen LogP contribution in [0.4, 0.5) is 0 Å². The fourth-order valence-corrected chi connectivity index (χ4v) is 3.28. The molecule has 2 unspecified atom stereocenters. The lowest BCUT2D eigenvalue weighted by Gasteiger charge is -2.34. The van der Waals surface area contributed by atoms with Gasteiger partial charge >= 0.3 is 0 Å². The average Bonchev–Trinajstić information content (AvgIpc) is 2.67. The van der Waals surface area contributed by atoms with Gasteiger partial charge in [-0.05, 0) is 56.3 Å². The van der Waals surface area contributed by atoms with Gasteiger partial charge in [-0.25, -0.2) is 0 Å². The Morgan fingerprint density at radius 3 is 2.41 bits per heavy atom. The molecular weight excluding hydrogens is 212 g/mol. The van der Waals surface area contributed by atoms with Gasteiger partial charge in [-0.15, -0.1) is 0 Å². The normalized spacial score (nSPS) is 34.1. The Bertz CT molecular complexity index is 227. The van der Waals surface area contributed by atoms with Gasteiger partial charge in [0.1, 0.15) is 0 Å². The molecule has 0 saturated heterocycles. The average molecular weight is 240 g/mol. The quantitative estimate of drug-likeness (QED) is 0.814. The van der Waals surface area contributed by atoms with E-state index in [4.69, 9.17) is 4.74 Å². The van der Waals surface area contributed by atoms with E-state index in [9.17, 15) is 5.11 Å². The van der Waals surface area contributed by atoms with Crippen molar-refractivity contribution in [3.05, 3.63) is 0 Å². The van der Waals surface area contributed by atoms with Gasteiger partial charge in [0.25, 0.3) is 0 Å². The highest BCUT2D eigenvalue weighted by Crippen LogP contribution is 2.36. The first-order valence-corrected chi connectivity index (χ1v) is 7.36. The molecule has 1 N–H and O–H groups in total. The molecule has 2 heteroatoms. The Morgan fingerprint density at radius 1 is 1.12 bits per heavy atom. The molecule has 0 aromatic rings. The van der Waals surface area contributed by atoms with Crippen molar-refractivity contribution in [3.8, 4) is 0 Å². The maximum Gasteiger partial charge on any atom is 0.0575 e. The second kappa shape index (κ2) is 5.71. The van der Waals surface area contributed by atoms with Crippen LogP contribution in [0.5, 0.6) is 0 Å². The Balaban J connectivity index is 1.60. The van der Waals surface area contributed by atoms with E-state index in [-0.39, 0.29) is 6.10 Å². The van der Waals surface area contributed by atoms with Crippen LogP contribution in [0.2, 0.25) is 0 Å². The van der Waals surface area contributed by atoms with Gasteiger partial charge in [0.05, 0.1) is 12.2 Å². The van der Waals surface area contributed by atoms with Gasteiger partial charge in [0.2, 0.25) is 0 Å².